The monoisotopic (exact) mass is 340 g/mol. The van der Waals surface area contributed by atoms with Crippen molar-refractivity contribution in [1.82, 2.24) is 9.88 Å². The lowest BCUT2D eigenvalue weighted by molar-refractivity contribution is -0.121. The van der Waals surface area contributed by atoms with Crippen molar-refractivity contribution < 1.29 is 4.79 Å². The molecule has 1 aromatic carbocycles. The third kappa shape index (κ3) is 4.87. The van der Waals surface area contributed by atoms with E-state index in [1.807, 2.05) is 0 Å². The van der Waals surface area contributed by atoms with Gasteiger partial charge in [0.25, 0.3) is 0 Å². The van der Waals surface area contributed by atoms with Gasteiger partial charge in [-0.25, -0.2) is 0 Å². The van der Waals surface area contributed by atoms with Gasteiger partial charge in [-0.3, -0.25) is 4.79 Å². The number of carbonyl (C=O) groups is 1. The molecule has 0 aliphatic heterocycles. The normalized spacial score (nSPS) is 15.6. The van der Waals surface area contributed by atoms with Crippen LogP contribution in [0.15, 0.2) is 30.5 Å². The molecule has 2 aromatic rings. The molecule has 1 N–H and O–H groups in total. The summed E-state index contributed by atoms with van der Waals surface area (Å²) in [7, 11) is 0. The average molecular weight is 341 g/mol. The van der Waals surface area contributed by atoms with E-state index in [-0.39, 0.29) is 5.91 Å². The van der Waals surface area contributed by atoms with Crippen LogP contribution in [0, 0.1) is 0 Å². The molecule has 3 rings (SSSR count). The lowest BCUT2D eigenvalue weighted by Crippen LogP contribution is -2.37. The summed E-state index contributed by atoms with van der Waals surface area (Å²) < 4.78 is 2.34. The minimum atomic E-state index is 0.181. The van der Waals surface area contributed by atoms with Crippen LogP contribution in [0.3, 0.4) is 0 Å². The van der Waals surface area contributed by atoms with Crippen LogP contribution in [0.1, 0.15) is 70.3 Å². The molecule has 0 atom stereocenters. The summed E-state index contributed by atoms with van der Waals surface area (Å²) in [6.45, 7) is 3.29. The number of aryl methyl sites for hydroxylation is 1. The summed E-state index contributed by atoms with van der Waals surface area (Å²) in [6.07, 6.45) is 13.9. The van der Waals surface area contributed by atoms with Crippen molar-refractivity contribution in [2.45, 2.75) is 83.7 Å². The summed E-state index contributed by atoms with van der Waals surface area (Å²) in [5, 5.41) is 4.49. The number of amides is 1. The number of hydrogen-bond donors (Lipinski definition) is 1. The van der Waals surface area contributed by atoms with Crippen LogP contribution in [0.5, 0.6) is 0 Å². The van der Waals surface area contributed by atoms with Gasteiger partial charge < -0.3 is 9.88 Å². The van der Waals surface area contributed by atoms with Crippen LogP contribution >= 0.6 is 0 Å². The van der Waals surface area contributed by atoms with Crippen molar-refractivity contribution in [3.05, 3.63) is 36.0 Å². The smallest absolute Gasteiger partial charge is 0.224 e. The van der Waals surface area contributed by atoms with Gasteiger partial charge in [0, 0.05) is 29.7 Å². The molecular formula is C22H32N2O. The molecular weight excluding hydrogens is 308 g/mol. The second-order valence-electron chi connectivity index (χ2n) is 7.50. The van der Waals surface area contributed by atoms with Gasteiger partial charge in [0.2, 0.25) is 5.91 Å². The van der Waals surface area contributed by atoms with Crippen LogP contribution in [0.25, 0.3) is 10.9 Å². The molecule has 0 bridgehead atoms. The Morgan fingerprint density at radius 3 is 2.72 bits per heavy atom. The van der Waals surface area contributed by atoms with Gasteiger partial charge in [-0.2, -0.15) is 0 Å². The van der Waals surface area contributed by atoms with Crippen molar-refractivity contribution in [2.24, 2.45) is 0 Å². The lowest BCUT2D eigenvalue weighted by Gasteiger charge is -2.22. The maximum atomic E-state index is 12.5. The van der Waals surface area contributed by atoms with E-state index in [1.54, 1.807) is 0 Å². The molecule has 1 aliphatic carbocycles. The SMILES string of the molecule is CCCCCCn1cc(CC(=O)NC2CCCCC2)c2ccccc21. The molecule has 1 amide bonds. The van der Waals surface area contributed by atoms with Gasteiger partial charge in [0.15, 0.2) is 0 Å². The summed E-state index contributed by atoms with van der Waals surface area (Å²) in [6, 6.07) is 8.89. The second-order valence-corrected chi connectivity index (χ2v) is 7.50. The van der Waals surface area contributed by atoms with Crippen molar-refractivity contribution >= 4 is 16.8 Å². The van der Waals surface area contributed by atoms with E-state index < -0.39 is 0 Å². The van der Waals surface area contributed by atoms with Crippen molar-refractivity contribution in [2.75, 3.05) is 0 Å². The number of hydrogen-bond acceptors (Lipinski definition) is 1. The first-order valence-corrected chi connectivity index (χ1v) is 10.1. The summed E-state index contributed by atoms with van der Waals surface area (Å²) in [5.74, 6) is 0.181. The predicted octanol–water partition coefficient (Wildman–Crippen LogP) is 5.21. The number of carbonyl (C=O) groups excluding carboxylic acids is 1. The van der Waals surface area contributed by atoms with Crippen LogP contribution in [0.2, 0.25) is 0 Å². The van der Waals surface area contributed by atoms with Crippen molar-refractivity contribution in [1.29, 1.82) is 0 Å². The molecule has 1 fully saturated rings. The number of aromatic nitrogens is 1. The molecule has 0 radical (unpaired) electrons. The minimum Gasteiger partial charge on any atom is -0.353 e. The standard InChI is InChI=1S/C22H32N2O/c1-2-3-4-10-15-24-17-18(20-13-8-9-14-21(20)24)16-22(25)23-19-11-6-5-7-12-19/h8-9,13-14,17,19H,2-7,10-12,15-16H2,1H3,(H,23,25). The van der Waals surface area contributed by atoms with Crippen LogP contribution in [-0.4, -0.2) is 16.5 Å². The molecule has 0 saturated heterocycles. The fourth-order valence-corrected chi connectivity index (χ4v) is 4.06. The highest BCUT2D eigenvalue weighted by molar-refractivity contribution is 5.89. The zero-order valence-electron chi connectivity index (χ0n) is 15.6. The van der Waals surface area contributed by atoms with E-state index in [9.17, 15) is 4.79 Å². The van der Waals surface area contributed by atoms with E-state index in [0.29, 0.717) is 12.5 Å². The first kappa shape index (κ1) is 18.0. The first-order chi connectivity index (χ1) is 12.3. The number of nitrogens with one attached hydrogen (secondary N) is 1. The second kappa shape index (κ2) is 9.07. The number of para-hydroxylation sites is 1. The van der Waals surface area contributed by atoms with Gasteiger partial charge in [-0.1, -0.05) is 63.6 Å². The maximum absolute atomic E-state index is 12.5. The molecule has 3 heteroatoms. The summed E-state index contributed by atoms with van der Waals surface area (Å²) in [4.78, 5) is 12.5. The van der Waals surface area contributed by atoms with Crippen LogP contribution in [-0.2, 0) is 17.8 Å². The molecule has 0 spiro atoms. The van der Waals surface area contributed by atoms with Gasteiger partial charge in [0.1, 0.15) is 0 Å². The summed E-state index contributed by atoms with van der Waals surface area (Å²) in [5.41, 5.74) is 2.43. The molecule has 1 saturated carbocycles. The van der Waals surface area contributed by atoms with E-state index in [1.165, 1.54) is 61.4 Å². The largest absolute Gasteiger partial charge is 0.353 e. The van der Waals surface area contributed by atoms with Gasteiger partial charge in [0.05, 0.1) is 6.42 Å². The average Bonchev–Trinajstić information content (AvgIpc) is 2.97. The Morgan fingerprint density at radius 2 is 1.92 bits per heavy atom. The molecule has 0 unspecified atom stereocenters. The zero-order chi connectivity index (χ0) is 17.5. The highest BCUT2D eigenvalue weighted by Gasteiger charge is 2.17. The molecule has 1 aliphatic rings. The predicted molar refractivity (Wildman–Crippen MR) is 105 cm³/mol. The highest BCUT2D eigenvalue weighted by Crippen LogP contribution is 2.23. The van der Waals surface area contributed by atoms with E-state index in [0.717, 1.165) is 19.4 Å². The topological polar surface area (TPSA) is 34.0 Å². The van der Waals surface area contributed by atoms with E-state index >= 15 is 0 Å². The number of nitrogens with zero attached hydrogens (tertiary/aromatic N) is 1. The van der Waals surface area contributed by atoms with E-state index in [2.05, 4.69) is 47.3 Å². The van der Waals surface area contributed by atoms with Gasteiger partial charge >= 0.3 is 0 Å². The minimum absolute atomic E-state index is 0.181. The first-order valence-electron chi connectivity index (χ1n) is 10.1. The Kier molecular flexibility index (Phi) is 6.55. The third-order valence-electron chi connectivity index (χ3n) is 5.44. The van der Waals surface area contributed by atoms with Gasteiger partial charge in [-0.05, 0) is 30.9 Å². The Morgan fingerprint density at radius 1 is 1.12 bits per heavy atom. The molecule has 3 nitrogen and oxygen atoms in total. The fourth-order valence-electron chi connectivity index (χ4n) is 4.06. The molecule has 1 heterocycles. The van der Waals surface area contributed by atoms with Crippen LogP contribution < -0.4 is 5.32 Å². The Balaban J connectivity index is 1.66. The summed E-state index contributed by atoms with van der Waals surface area (Å²) >= 11 is 0. The molecule has 136 valence electrons. The Hall–Kier alpha value is -1.77. The quantitative estimate of drug-likeness (QED) is 0.657. The molecule has 1 aromatic heterocycles. The zero-order valence-corrected chi connectivity index (χ0v) is 15.6. The van der Waals surface area contributed by atoms with Gasteiger partial charge in [-0.15, -0.1) is 0 Å². The maximum Gasteiger partial charge on any atom is 0.224 e. The van der Waals surface area contributed by atoms with Crippen molar-refractivity contribution in [3.8, 4) is 0 Å². The number of unbranched alkanes of at least 4 members (excludes halogenated alkanes) is 3. The fraction of sp³-hybridized carbons (Fsp3) is 0.591. The molecule has 25 heavy (non-hydrogen) atoms. The number of rotatable bonds is 8. The Bertz CT molecular complexity index is 682. The lowest BCUT2D eigenvalue weighted by atomic mass is 9.95. The number of fused-ring (bicyclic) bond motifs is 1. The third-order valence-corrected chi connectivity index (χ3v) is 5.44. The van der Waals surface area contributed by atoms with Crippen LogP contribution in [0.4, 0.5) is 0 Å². The Labute approximate surface area is 151 Å². The van der Waals surface area contributed by atoms with Crippen molar-refractivity contribution in [3.63, 3.8) is 0 Å². The highest BCUT2D eigenvalue weighted by atomic mass is 16.1. The van der Waals surface area contributed by atoms with E-state index in [4.69, 9.17) is 0 Å². The number of benzene rings is 1.